The number of hydrogen-bond donors (Lipinski definition) is 1. The number of benzene rings is 1. The Morgan fingerprint density at radius 2 is 1.72 bits per heavy atom. The van der Waals surface area contributed by atoms with Gasteiger partial charge in [-0.25, -0.2) is 9.78 Å². The molecule has 1 atom stereocenters. The van der Waals surface area contributed by atoms with Gasteiger partial charge in [0, 0.05) is 31.1 Å². The number of esters is 1. The molecule has 4 rings (SSSR count). The normalized spacial score (nSPS) is 16.7. The SMILES string of the molecule is CCOC(=O)ON1CCN(C(=O)[C@H](CCC(=O)OC(C)(C)C)NC(=O)c2cc(OC3CCSCC3)nc(-c3ccccc3)n2)CC1. The van der Waals surface area contributed by atoms with E-state index < -0.39 is 29.7 Å². The molecule has 2 aliphatic rings. The molecule has 14 heteroatoms. The topological polar surface area (TPSA) is 149 Å². The molecule has 1 aromatic carbocycles. The molecule has 13 nitrogen and oxygen atoms in total. The van der Waals surface area contributed by atoms with Crippen molar-refractivity contribution in [3.05, 3.63) is 42.1 Å². The van der Waals surface area contributed by atoms with E-state index in [-0.39, 0.29) is 69.2 Å². The van der Waals surface area contributed by atoms with E-state index in [2.05, 4.69) is 15.3 Å². The van der Waals surface area contributed by atoms with E-state index in [4.69, 9.17) is 19.0 Å². The van der Waals surface area contributed by atoms with Gasteiger partial charge in [0.15, 0.2) is 5.82 Å². The van der Waals surface area contributed by atoms with Crippen molar-refractivity contribution in [3.8, 4) is 17.3 Å². The van der Waals surface area contributed by atoms with E-state index in [1.54, 1.807) is 32.6 Å². The van der Waals surface area contributed by atoms with Gasteiger partial charge < -0.3 is 29.3 Å². The third-order valence-corrected chi connectivity index (χ3v) is 8.15. The highest BCUT2D eigenvalue weighted by molar-refractivity contribution is 7.99. The summed E-state index contributed by atoms with van der Waals surface area (Å²) in [6.45, 7) is 8.13. The van der Waals surface area contributed by atoms with Gasteiger partial charge in [0.25, 0.3) is 5.91 Å². The number of hydrogen-bond acceptors (Lipinski definition) is 12. The molecule has 250 valence electrons. The fourth-order valence-electron chi connectivity index (χ4n) is 4.90. The molecule has 2 saturated heterocycles. The maximum Gasteiger partial charge on any atom is 0.527 e. The van der Waals surface area contributed by atoms with Crippen LogP contribution in [0.1, 0.15) is 63.9 Å². The Morgan fingerprint density at radius 3 is 2.37 bits per heavy atom. The molecule has 46 heavy (non-hydrogen) atoms. The summed E-state index contributed by atoms with van der Waals surface area (Å²) in [7, 11) is 0. The molecule has 0 unspecified atom stereocenters. The van der Waals surface area contributed by atoms with Gasteiger partial charge in [-0.05, 0) is 58.5 Å². The quantitative estimate of drug-likeness (QED) is 0.350. The zero-order chi connectivity index (χ0) is 33.1. The summed E-state index contributed by atoms with van der Waals surface area (Å²) in [6, 6.07) is 9.71. The Hall–Kier alpha value is -3.91. The maximum absolute atomic E-state index is 13.8. The molecular weight excluding hydrogens is 614 g/mol. The highest BCUT2D eigenvalue weighted by Gasteiger charge is 2.32. The first-order valence-electron chi connectivity index (χ1n) is 15.6. The van der Waals surface area contributed by atoms with Crippen molar-refractivity contribution < 1.29 is 38.2 Å². The summed E-state index contributed by atoms with van der Waals surface area (Å²) in [5.41, 5.74) is 0.0514. The van der Waals surface area contributed by atoms with Crippen LogP contribution in [0.15, 0.2) is 36.4 Å². The minimum absolute atomic E-state index is 0.0126. The van der Waals surface area contributed by atoms with Crippen LogP contribution in [0.2, 0.25) is 0 Å². The lowest BCUT2D eigenvalue weighted by Crippen LogP contribution is -2.55. The largest absolute Gasteiger partial charge is 0.527 e. The van der Waals surface area contributed by atoms with Crippen LogP contribution in [0.5, 0.6) is 5.88 Å². The van der Waals surface area contributed by atoms with Crippen LogP contribution in [-0.2, 0) is 23.9 Å². The first-order chi connectivity index (χ1) is 22.0. The summed E-state index contributed by atoms with van der Waals surface area (Å²) in [5.74, 6) is 1.12. The average molecular weight is 658 g/mol. The van der Waals surface area contributed by atoms with Crippen LogP contribution in [0.3, 0.4) is 0 Å². The van der Waals surface area contributed by atoms with Crippen LogP contribution in [0.25, 0.3) is 11.4 Å². The van der Waals surface area contributed by atoms with E-state index in [9.17, 15) is 19.2 Å². The zero-order valence-corrected chi connectivity index (χ0v) is 27.7. The number of thioether (sulfide) groups is 1. The highest BCUT2D eigenvalue weighted by Crippen LogP contribution is 2.25. The Balaban J connectivity index is 1.52. The van der Waals surface area contributed by atoms with Gasteiger partial charge in [-0.15, -0.1) is 5.06 Å². The number of carbonyl (C=O) groups is 4. The van der Waals surface area contributed by atoms with Crippen LogP contribution >= 0.6 is 11.8 Å². The second-order valence-corrected chi connectivity index (χ2v) is 13.1. The molecule has 0 aliphatic carbocycles. The molecule has 3 heterocycles. The Morgan fingerprint density at radius 1 is 1.02 bits per heavy atom. The van der Waals surface area contributed by atoms with Gasteiger partial charge in [0.05, 0.1) is 19.7 Å². The van der Waals surface area contributed by atoms with Crippen molar-refractivity contribution in [1.82, 2.24) is 25.2 Å². The monoisotopic (exact) mass is 657 g/mol. The smallest absolute Gasteiger partial charge is 0.474 e. The number of rotatable bonds is 11. The molecule has 2 aromatic rings. The fraction of sp³-hybridized carbons (Fsp3) is 0.562. The molecule has 1 aromatic heterocycles. The number of nitrogens with one attached hydrogen (secondary N) is 1. The number of piperazine rings is 1. The van der Waals surface area contributed by atoms with Crippen molar-refractivity contribution in [2.75, 3.05) is 44.3 Å². The second-order valence-electron chi connectivity index (χ2n) is 11.9. The summed E-state index contributed by atoms with van der Waals surface area (Å²) in [4.78, 5) is 67.7. The van der Waals surface area contributed by atoms with Crippen molar-refractivity contribution >= 4 is 35.7 Å². The minimum Gasteiger partial charge on any atom is -0.474 e. The van der Waals surface area contributed by atoms with Gasteiger partial charge in [0.2, 0.25) is 11.8 Å². The van der Waals surface area contributed by atoms with E-state index in [0.717, 1.165) is 24.3 Å². The second kappa shape index (κ2) is 16.6. The average Bonchev–Trinajstić information content (AvgIpc) is 3.03. The Labute approximate surface area is 273 Å². The maximum atomic E-state index is 13.8. The highest BCUT2D eigenvalue weighted by atomic mass is 32.2. The zero-order valence-electron chi connectivity index (χ0n) is 26.9. The molecule has 1 N–H and O–H groups in total. The van der Waals surface area contributed by atoms with E-state index in [1.165, 1.54) is 11.1 Å². The van der Waals surface area contributed by atoms with Crippen LogP contribution in [-0.4, -0.2) is 106 Å². The van der Waals surface area contributed by atoms with E-state index >= 15 is 0 Å². The predicted molar refractivity (Wildman–Crippen MR) is 171 cm³/mol. The van der Waals surface area contributed by atoms with Crippen molar-refractivity contribution in [1.29, 1.82) is 0 Å². The van der Waals surface area contributed by atoms with Crippen molar-refractivity contribution in [2.45, 2.75) is 71.1 Å². The minimum atomic E-state index is -1.05. The Kier molecular flexibility index (Phi) is 12.6. The van der Waals surface area contributed by atoms with Gasteiger partial charge in [-0.3, -0.25) is 14.4 Å². The lowest BCUT2D eigenvalue weighted by atomic mass is 10.1. The van der Waals surface area contributed by atoms with Gasteiger partial charge in [-0.1, -0.05) is 30.3 Å². The third kappa shape index (κ3) is 10.9. The van der Waals surface area contributed by atoms with E-state index in [0.29, 0.717) is 11.4 Å². The Bertz CT molecular complexity index is 1340. The number of ether oxygens (including phenoxy) is 3. The number of nitrogens with zero attached hydrogens (tertiary/aromatic N) is 4. The standard InChI is InChI=1S/C32H43N5O8S/c1-5-42-31(41)45-37-17-15-36(16-18-37)30(40)24(11-12-27(38)44-32(2,3)4)34-29(39)25-21-26(43-23-13-19-46-20-14-23)35-28(33-25)22-9-7-6-8-10-22/h6-10,21,23-24H,5,11-20H2,1-4H3,(H,34,39)/t24-/m0/s1. The van der Waals surface area contributed by atoms with E-state index in [1.807, 2.05) is 42.1 Å². The van der Waals surface area contributed by atoms with Crippen molar-refractivity contribution in [3.63, 3.8) is 0 Å². The molecular formula is C32H43N5O8S. The number of hydroxylamine groups is 2. The lowest BCUT2D eigenvalue weighted by Gasteiger charge is -2.35. The number of aromatic nitrogens is 2. The number of amides is 2. The third-order valence-electron chi connectivity index (χ3n) is 7.10. The molecule has 0 bridgehead atoms. The first-order valence-corrected chi connectivity index (χ1v) is 16.8. The summed E-state index contributed by atoms with van der Waals surface area (Å²) < 4.78 is 16.5. The molecule has 0 spiro atoms. The van der Waals surface area contributed by atoms with Gasteiger partial charge in [0.1, 0.15) is 23.4 Å². The molecule has 0 radical (unpaired) electrons. The lowest BCUT2D eigenvalue weighted by molar-refractivity contribution is -0.158. The molecule has 2 fully saturated rings. The molecule has 2 amide bonds. The van der Waals surface area contributed by atoms with Crippen LogP contribution in [0.4, 0.5) is 4.79 Å². The summed E-state index contributed by atoms with van der Waals surface area (Å²) in [5, 5.41) is 4.24. The van der Waals surface area contributed by atoms with Crippen LogP contribution < -0.4 is 10.1 Å². The first kappa shape index (κ1) is 35.0. The van der Waals surface area contributed by atoms with Gasteiger partial charge in [-0.2, -0.15) is 16.7 Å². The predicted octanol–water partition coefficient (Wildman–Crippen LogP) is 3.87. The summed E-state index contributed by atoms with van der Waals surface area (Å²) >= 11 is 1.88. The number of carbonyl (C=O) groups excluding carboxylic acids is 4. The summed E-state index contributed by atoms with van der Waals surface area (Å²) in [6.07, 6.45) is 0.832. The van der Waals surface area contributed by atoms with Crippen LogP contribution in [0, 0.1) is 0 Å². The molecule has 0 saturated carbocycles. The molecule has 2 aliphatic heterocycles. The fourth-order valence-corrected chi connectivity index (χ4v) is 5.96. The van der Waals surface area contributed by atoms with Crippen molar-refractivity contribution in [2.24, 2.45) is 0 Å². The van der Waals surface area contributed by atoms with Gasteiger partial charge >= 0.3 is 12.1 Å².